The lowest BCUT2D eigenvalue weighted by Crippen LogP contribution is -2.15. The molecule has 0 bridgehead atoms. The number of hydrogen-bond donors (Lipinski definition) is 2. The van der Waals surface area contributed by atoms with Crippen LogP contribution in [-0.2, 0) is 12.7 Å². The molecule has 138 valence electrons. The van der Waals surface area contributed by atoms with Crippen LogP contribution in [-0.4, -0.2) is 5.91 Å². The van der Waals surface area contributed by atoms with Crippen molar-refractivity contribution in [3.8, 4) is 11.1 Å². The number of nitrogens with two attached hydrogens (primary N) is 1. The van der Waals surface area contributed by atoms with Gasteiger partial charge in [0.1, 0.15) is 0 Å². The lowest BCUT2D eigenvalue weighted by molar-refractivity contribution is -0.137. The van der Waals surface area contributed by atoms with Gasteiger partial charge in [0, 0.05) is 17.8 Å². The zero-order valence-corrected chi connectivity index (χ0v) is 14.3. The number of amides is 1. The summed E-state index contributed by atoms with van der Waals surface area (Å²) in [5.74, 6) is -0.611. The quantitative estimate of drug-likeness (QED) is 0.673. The maximum Gasteiger partial charge on any atom is 0.416 e. The summed E-state index contributed by atoms with van der Waals surface area (Å²) in [7, 11) is 0. The molecule has 0 aliphatic rings. The first-order chi connectivity index (χ1) is 12.9. The number of alkyl halides is 3. The van der Waals surface area contributed by atoms with Gasteiger partial charge in [-0.05, 0) is 41.0 Å². The maximum atomic E-state index is 13.1. The first-order valence-electron chi connectivity index (χ1n) is 8.25. The summed E-state index contributed by atoms with van der Waals surface area (Å²) < 4.78 is 39.4. The maximum absolute atomic E-state index is 13.1. The second kappa shape index (κ2) is 7.63. The Kier molecular flexibility index (Phi) is 5.28. The molecule has 0 atom stereocenters. The average Bonchev–Trinajstić information content (AvgIpc) is 2.68. The van der Waals surface area contributed by atoms with E-state index < -0.39 is 17.6 Å². The molecule has 3 nitrogen and oxygen atoms in total. The summed E-state index contributed by atoms with van der Waals surface area (Å²) in [6.45, 7) is 0.361. The van der Waals surface area contributed by atoms with Gasteiger partial charge in [0.15, 0.2) is 0 Å². The van der Waals surface area contributed by atoms with E-state index in [1.54, 1.807) is 54.6 Å². The van der Waals surface area contributed by atoms with E-state index in [9.17, 15) is 18.0 Å². The van der Waals surface area contributed by atoms with Gasteiger partial charge < -0.3 is 11.1 Å². The Morgan fingerprint density at radius 3 is 2.19 bits per heavy atom. The van der Waals surface area contributed by atoms with Crippen molar-refractivity contribution >= 4 is 11.6 Å². The van der Waals surface area contributed by atoms with E-state index in [1.807, 2.05) is 0 Å². The molecule has 0 unspecified atom stereocenters. The third-order valence-electron chi connectivity index (χ3n) is 4.12. The fourth-order valence-corrected chi connectivity index (χ4v) is 2.70. The number of carbonyl (C=O) groups is 1. The molecule has 3 aromatic rings. The molecule has 0 aliphatic carbocycles. The van der Waals surface area contributed by atoms with Gasteiger partial charge in [0.05, 0.1) is 5.56 Å². The van der Waals surface area contributed by atoms with Gasteiger partial charge in [-0.1, -0.05) is 48.5 Å². The average molecular weight is 370 g/mol. The van der Waals surface area contributed by atoms with E-state index in [0.29, 0.717) is 23.4 Å². The number of benzene rings is 3. The molecule has 3 N–H and O–H groups in total. The molecule has 0 fully saturated rings. The number of rotatable bonds is 4. The first-order valence-corrected chi connectivity index (χ1v) is 8.25. The fraction of sp³-hybridized carbons (Fsp3) is 0.0952. The number of anilines is 1. The highest BCUT2D eigenvalue weighted by molar-refractivity contribution is 6.08. The Morgan fingerprint density at radius 2 is 1.59 bits per heavy atom. The van der Waals surface area contributed by atoms with Crippen LogP contribution in [0.5, 0.6) is 0 Å². The van der Waals surface area contributed by atoms with Crippen molar-refractivity contribution in [1.82, 2.24) is 0 Å². The van der Waals surface area contributed by atoms with Crippen LogP contribution in [0.3, 0.4) is 0 Å². The number of hydrogen-bond acceptors (Lipinski definition) is 2. The minimum Gasteiger partial charge on any atom is -0.326 e. The monoisotopic (exact) mass is 370 g/mol. The van der Waals surface area contributed by atoms with Crippen LogP contribution in [0.2, 0.25) is 0 Å². The Hall–Kier alpha value is -3.12. The number of halogens is 3. The lowest BCUT2D eigenvalue weighted by Gasteiger charge is -2.14. The smallest absolute Gasteiger partial charge is 0.326 e. The highest BCUT2D eigenvalue weighted by Crippen LogP contribution is 2.33. The summed E-state index contributed by atoms with van der Waals surface area (Å²) in [5, 5.41) is 2.65. The van der Waals surface area contributed by atoms with Crippen molar-refractivity contribution in [2.45, 2.75) is 12.7 Å². The van der Waals surface area contributed by atoms with Gasteiger partial charge in [-0.3, -0.25) is 4.79 Å². The molecular formula is C21H17F3N2O. The zero-order chi connectivity index (χ0) is 19.4. The lowest BCUT2D eigenvalue weighted by atomic mass is 9.96. The molecule has 0 heterocycles. The first kappa shape index (κ1) is 18.7. The summed E-state index contributed by atoms with van der Waals surface area (Å²) in [4.78, 5) is 12.7. The zero-order valence-electron chi connectivity index (χ0n) is 14.3. The summed E-state index contributed by atoms with van der Waals surface area (Å²) in [6, 6.07) is 18.8. The predicted octanol–water partition coefficient (Wildman–Crippen LogP) is 5.08. The van der Waals surface area contributed by atoms with Crippen LogP contribution in [0.4, 0.5) is 18.9 Å². The van der Waals surface area contributed by atoms with Crippen LogP contribution < -0.4 is 11.1 Å². The predicted molar refractivity (Wildman–Crippen MR) is 99.2 cm³/mol. The second-order valence-corrected chi connectivity index (χ2v) is 5.98. The van der Waals surface area contributed by atoms with E-state index in [0.717, 1.165) is 17.7 Å². The summed E-state index contributed by atoms with van der Waals surface area (Å²) in [6.07, 6.45) is -4.53. The van der Waals surface area contributed by atoms with Gasteiger partial charge in [0.2, 0.25) is 0 Å². The third-order valence-corrected chi connectivity index (χ3v) is 4.12. The number of carbonyl (C=O) groups excluding carboxylic acids is 1. The number of nitrogens with one attached hydrogen (secondary N) is 1. The highest BCUT2D eigenvalue weighted by atomic mass is 19.4. The molecule has 0 radical (unpaired) electrons. The van der Waals surface area contributed by atoms with Gasteiger partial charge in [-0.15, -0.1) is 0 Å². The Morgan fingerprint density at radius 1 is 0.926 bits per heavy atom. The molecule has 0 spiro atoms. The molecule has 27 heavy (non-hydrogen) atoms. The van der Waals surface area contributed by atoms with Gasteiger partial charge in [0.25, 0.3) is 5.91 Å². The molecule has 6 heteroatoms. The van der Waals surface area contributed by atoms with Gasteiger partial charge in [-0.25, -0.2) is 0 Å². The molecular weight excluding hydrogens is 353 g/mol. The minimum absolute atomic E-state index is 0.0427. The van der Waals surface area contributed by atoms with E-state index in [2.05, 4.69) is 5.32 Å². The molecule has 0 aromatic heterocycles. The van der Waals surface area contributed by atoms with E-state index in [-0.39, 0.29) is 5.56 Å². The summed E-state index contributed by atoms with van der Waals surface area (Å²) >= 11 is 0. The molecule has 0 aliphatic heterocycles. The van der Waals surface area contributed by atoms with E-state index in [4.69, 9.17) is 5.73 Å². The SMILES string of the molecule is NCc1ccc(NC(=O)c2cc(C(F)(F)F)ccc2-c2ccccc2)cc1. The largest absolute Gasteiger partial charge is 0.416 e. The fourth-order valence-electron chi connectivity index (χ4n) is 2.70. The van der Waals surface area contributed by atoms with Crippen molar-refractivity contribution in [1.29, 1.82) is 0 Å². The van der Waals surface area contributed by atoms with Gasteiger partial charge in [-0.2, -0.15) is 13.2 Å². The van der Waals surface area contributed by atoms with Crippen molar-refractivity contribution in [2.75, 3.05) is 5.32 Å². The molecule has 0 saturated carbocycles. The van der Waals surface area contributed by atoms with Crippen molar-refractivity contribution in [3.63, 3.8) is 0 Å². The normalized spacial score (nSPS) is 11.3. The van der Waals surface area contributed by atoms with Crippen molar-refractivity contribution in [2.24, 2.45) is 5.73 Å². The second-order valence-electron chi connectivity index (χ2n) is 5.98. The van der Waals surface area contributed by atoms with E-state index >= 15 is 0 Å². The minimum atomic E-state index is -4.53. The molecule has 0 saturated heterocycles. The van der Waals surface area contributed by atoms with Crippen molar-refractivity contribution < 1.29 is 18.0 Å². The van der Waals surface area contributed by atoms with Crippen LogP contribution >= 0.6 is 0 Å². The van der Waals surface area contributed by atoms with Crippen LogP contribution in [0.1, 0.15) is 21.5 Å². The van der Waals surface area contributed by atoms with Crippen molar-refractivity contribution in [3.05, 3.63) is 89.5 Å². The highest BCUT2D eigenvalue weighted by Gasteiger charge is 2.32. The van der Waals surface area contributed by atoms with Crippen LogP contribution in [0, 0.1) is 0 Å². The molecule has 3 rings (SSSR count). The van der Waals surface area contributed by atoms with Crippen LogP contribution in [0.15, 0.2) is 72.8 Å². The Bertz CT molecular complexity index is 936. The molecule has 3 aromatic carbocycles. The van der Waals surface area contributed by atoms with E-state index in [1.165, 1.54) is 6.07 Å². The topological polar surface area (TPSA) is 55.1 Å². The van der Waals surface area contributed by atoms with Crippen LogP contribution in [0.25, 0.3) is 11.1 Å². The molecule has 1 amide bonds. The summed E-state index contributed by atoms with van der Waals surface area (Å²) in [5.41, 5.74) is 7.09. The Balaban J connectivity index is 2.00. The van der Waals surface area contributed by atoms with Gasteiger partial charge >= 0.3 is 6.18 Å². The third kappa shape index (κ3) is 4.35. The Labute approximate surface area is 154 Å². The standard InChI is InChI=1S/C21H17F3N2O/c22-21(23,24)16-8-11-18(15-4-2-1-3-5-15)19(12-16)20(27)26-17-9-6-14(13-25)7-10-17/h1-12H,13,25H2,(H,26,27).